The lowest BCUT2D eigenvalue weighted by Gasteiger charge is -2.61. The molecule has 0 amide bonds. The van der Waals surface area contributed by atoms with Crippen LogP contribution in [0.1, 0.15) is 86.0 Å². The zero-order valence-corrected chi connectivity index (χ0v) is 22.3. The van der Waals surface area contributed by atoms with Crippen molar-refractivity contribution in [3.63, 3.8) is 0 Å². The van der Waals surface area contributed by atoms with E-state index in [0.717, 1.165) is 12.0 Å². The van der Waals surface area contributed by atoms with Crippen LogP contribution in [-0.2, 0) is 9.53 Å². The van der Waals surface area contributed by atoms with Gasteiger partial charge in [-0.15, -0.1) is 0 Å². The molecule has 0 radical (unpaired) electrons. The molecular weight excluding hydrogens is 448 g/mol. The van der Waals surface area contributed by atoms with E-state index in [4.69, 9.17) is 4.74 Å². The molecule has 7 nitrogen and oxygen atoms in total. The van der Waals surface area contributed by atoms with E-state index in [-0.39, 0.29) is 36.1 Å². The lowest BCUT2D eigenvalue weighted by Crippen LogP contribution is -2.63. The summed E-state index contributed by atoms with van der Waals surface area (Å²) in [6.07, 6.45) is 3.54. The van der Waals surface area contributed by atoms with Crippen LogP contribution in [0.4, 0.5) is 0 Å². The summed E-state index contributed by atoms with van der Waals surface area (Å²) in [5, 5.41) is 55.5. The maximum atomic E-state index is 13.4. The van der Waals surface area contributed by atoms with Gasteiger partial charge in [0.05, 0.1) is 35.1 Å². The van der Waals surface area contributed by atoms with Crippen molar-refractivity contribution in [2.24, 2.45) is 28.6 Å². The smallest absolute Gasteiger partial charge is 0.159 e. The first-order valence-electron chi connectivity index (χ1n) is 13.3. The summed E-state index contributed by atoms with van der Waals surface area (Å²) in [4.78, 5) is 13.4. The number of hydrogen-bond donors (Lipinski definition) is 5. The number of carbonyl (C=O) groups is 1. The second kappa shape index (κ2) is 8.60. The van der Waals surface area contributed by atoms with Crippen molar-refractivity contribution in [3.8, 4) is 0 Å². The van der Waals surface area contributed by atoms with Gasteiger partial charge in [0.1, 0.15) is 0 Å². The molecule has 0 saturated heterocycles. The summed E-state index contributed by atoms with van der Waals surface area (Å²) in [5.41, 5.74) is -3.98. The minimum Gasteiger partial charge on any atom is -0.390 e. The predicted octanol–water partition coefficient (Wildman–Crippen LogP) is 2.51. The SMILES string of the molecule is CO[C@H]1C[C@@]2(C)[C@@H](C[C@H]1O)C(=O)C=C1[C@@H]2CC[C@]2(C)[C@@H]([C@@](C)(O)C(O)CCC(C)(C)O)CC[C@@]12O. The highest BCUT2D eigenvalue weighted by atomic mass is 16.5. The van der Waals surface area contributed by atoms with Crippen molar-refractivity contribution in [1.82, 2.24) is 0 Å². The van der Waals surface area contributed by atoms with Crippen LogP contribution in [0.15, 0.2) is 11.6 Å². The van der Waals surface area contributed by atoms with E-state index in [0.29, 0.717) is 38.5 Å². The number of aliphatic hydroxyl groups excluding tert-OH is 2. The quantitative estimate of drug-likeness (QED) is 0.384. The standard InChI is InChI=1S/C28H46O7/c1-24(2,32)10-9-23(31)27(5,33)22-8-12-28(34)17-13-19(29)18-14-20(30)21(35-6)15-25(18,3)16(17)7-11-26(22,28)4/h13,16,18,20-23,30-34H,7-12,14-15H2,1-6H3/t16-,18-,20+,21-,22-,23?,25+,26+,27+,28+/m0/s1. The van der Waals surface area contributed by atoms with Gasteiger partial charge < -0.3 is 30.3 Å². The molecule has 0 aliphatic heterocycles. The van der Waals surface area contributed by atoms with Gasteiger partial charge in [-0.25, -0.2) is 0 Å². The molecular formula is C28H46O7. The van der Waals surface area contributed by atoms with Crippen molar-refractivity contribution in [1.29, 1.82) is 0 Å². The molecule has 0 heterocycles. The fourth-order valence-corrected chi connectivity index (χ4v) is 8.54. The predicted molar refractivity (Wildman–Crippen MR) is 131 cm³/mol. The Kier molecular flexibility index (Phi) is 6.69. The molecule has 10 atom stereocenters. The Morgan fingerprint density at radius 2 is 1.80 bits per heavy atom. The van der Waals surface area contributed by atoms with Crippen molar-refractivity contribution in [2.45, 2.75) is 121 Å². The van der Waals surface area contributed by atoms with Gasteiger partial charge in [0.2, 0.25) is 0 Å². The van der Waals surface area contributed by atoms with Crippen molar-refractivity contribution >= 4 is 5.78 Å². The number of methoxy groups -OCH3 is 1. The first kappa shape index (κ1) is 27.2. The Bertz CT molecular complexity index is 875. The van der Waals surface area contributed by atoms with Crippen LogP contribution in [0.3, 0.4) is 0 Å². The minimum atomic E-state index is -1.45. The van der Waals surface area contributed by atoms with Gasteiger partial charge in [0.25, 0.3) is 0 Å². The molecule has 4 rings (SSSR count). The third-order valence-corrected chi connectivity index (χ3v) is 10.8. The van der Waals surface area contributed by atoms with Crippen molar-refractivity contribution in [2.75, 3.05) is 7.11 Å². The molecule has 3 fully saturated rings. The van der Waals surface area contributed by atoms with E-state index in [1.807, 2.05) is 6.92 Å². The van der Waals surface area contributed by atoms with E-state index in [2.05, 4.69) is 6.92 Å². The summed E-state index contributed by atoms with van der Waals surface area (Å²) in [7, 11) is 1.59. The monoisotopic (exact) mass is 494 g/mol. The Morgan fingerprint density at radius 3 is 2.40 bits per heavy atom. The normalized spacial score (nSPS) is 46.2. The van der Waals surface area contributed by atoms with E-state index in [1.165, 1.54) is 0 Å². The molecule has 35 heavy (non-hydrogen) atoms. The molecule has 0 bridgehead atoms. The van der Waals surface area contributed by atoms with Gasteiger partial charge in [-0.2, -0.15) is 0 Å². The average molecular weight is 495 g/mol. The van der Waals surface area contributed by atoms with Crippen LogP contribution >= 0.6 is 0 Å². The Morgan fingerprint density at radius 1 is 1.14 bits per heavy atom. The van der Waals surface area contributed by atoms with Crippen LogP contribution in [0.25, 0.3) is 0 Å². The second-order valence-electron chi connectivity index (χ2n) is 13.4. The zero-order chi connectivity index (χ0) is 26.2. The molecule has 1 unspecified atom stereocenters. The number of ketones is 1. The highest BCUT2D eigenvalue weighted by Crippen LogP contribution is 2.68. The van der Waals surface area contributed by atoms with Gasteiger partial charge in [0.15, 0.2) is 5.78 Å². The van der Waals surface area contributed by atoms with Crippen LogP contribution in [-0.4, -0.2) is 73.5 Å². The third-order valence-electron chi connectivity index (χ3n) is 10.8. The van der Waals surface area contributed by atoms with Crippen molar-refractivity contribution < 1.29 is 35.1 Å². The molecule has 7 heteroatoms. The second-order valence-corrected chi connectivity index (χ2v) is 13.4. The maximum absolute atomic E-state index is 13.4. The average Bonchev–Trinajstić information content (AvgIpc) is 3.04. The topological polar surface area (TPSA) is 127 Å². The molecule has 5 N–H and O–H groups in total. The van der Waals surface area contributed by atoms with Gasteiger partial charge in [-0.1, -0.05) is 13.8 Å². The van der Waals surface area contributed by atoms with E-state index >= 15 is 0 Å². The summed E-state index contributed by atoms with van der Waals surface area (Å²) in [5.74, 6) is -0.698. The van der Waals surface area contributed by atoms with Crippen molar-refractivity contribution in [3.05, 3.63) is 11.6 Å². The lowest BCUT2D eigenvalue weighted by molar-refractivity contribution is -0.178. The highest BCUT2D eigenvalue weighted by molar-refractivity contribution is 5.95. The third kappa shape index (κ3) is 4.05. The Hall–Kier alpha value is -0.830. The lowest BCUT2D eigenvalue weighted by atomic mass is 9.45. The van der Waals surface area contributed by atoms with Crippen LogP contribution in [0, 0.1) is 28.6 Å². The molecule has 0 aromatic carbocycles. The highest BCUT2D eigenvalue weighted by Gasteiger charge is 2.69. The van der Waals surface area contributed by atoms with Crippen LogP contribution < -0.4 is 0 Å². The summed E-state index contributed by atoms with van der Waals surface area (Å²) in [6.45, 7) is 9.13. The molecule has 0 aromatic heterocycles. The van der Waals surface area contributed by atoms with E-state index in [1.54, 1.807) is 34.0 Å². The number of carbonyl (C=O) groups excluding carboxylic acids is 1. The van der Waals surface area contributed by atoms with E-state index in [9.17, 15) is 30.3 Å². The van der Waals surface area contributed by atoms with E-state index < -0.39 is 39.8 Å². The molecule has 0 spiro atoms. The Labute approximate surface area is 209 Å². The molecule has 0 aromatic rings. The van der Waals surface area contributed by atoms with Gasteiger partial charge >= 0.3 is 0 Å². The molecule has 4 aliphatic carbocycles. The fourth-order valence-electron chi connectivity index (χ4n) is 8.54. The number of hydrogen-bond acceptors (Lipinski definition) is 7. The number of ether oxygens (including phenoxy) is 1. The van der Waals surface area contributed by atoms with Gasteiger partial charge in [-0.3, -0.25) is 4.79 Å². The number of fused-ring (bicyclic) bond motifs is 5. The summed E-state index contributed by atoms with van der Waals surface area (Å²) < 4.78 is 5.58. The van der Waals surface area contributed by atoms with Gasteiger partial charge in [0, 0.05) is 18.4 Å². The fraction of sp³-hybridized carbons (Fsp3) is 0.893. The first-order chi connectivity index (χ1) is 16.0. The summed E-state index contributed by atoms with van der Waals surface area (Å²) in [6, 6.07) is 0. The largest absolute Gasteiger partial charge is 0.390 e. The molecule has 200 valence electrons. The minimum absolute atomic E-state index is 0.00256. The van der Waals surface area contributed by atoms with Gasteiger partial charge in [-0.05, 0) is 101 Å². The summed E-state index contributed by atoms with van der Waals surface area (Å²) >= 11 is 0. The molecule has 4 aliphatic rings. The number of rotatable bonds is 6. The first-order valence-corrected chi connectivity index (χ1v) is 13.3. The van der Waals surface area contributed by atoms with Crippen LogP contribution in [0.5, 0.6) is 0 Å². The zero-order valence-electron chi connectivity index (χ0n) is 22.3. The maximum Gasteiger partial charge on any atom is 0.159 e. The number of aliphatic hydroxyl groups is 5. The molecule has 3 saturated carbocycles. The Balaban J connectivity index is 1.66. The van der Waals surface area contributed by atoms with Crippen LogP contribution in [0.2, 0.25) is 0 Å². The number of allylic oxidation sites excluding steroid dienone is 1.